The number of fused-ring (bicyclic) bond motifs is 5. The second-order valence-electron chi connectivity index (χ2n) is 9.76. The summed E-state index contributed by atoms with van der Waals surface area (Å²) < 4.78 is 0. The van der Waals surface area contributed by atoms with Gasteiger partial charge in [-0.05, 0) is 74.5 Å². The van der Waals surface area contributed by atoms with Crippen LogP contribution in [0, 0.1) is 40.4 Å². The third-order valence-electron chi connectivity index (χ3n) is 9.08. The number of rotatable bonds is 1. The highest BCUT2D eigenvalue weighted by molar-refractivity contribution is 5.80. The maximum absolute atomic E-state index is 12.2. The molecule has 24 heavy (non-hydrogen) atoms. The summed E-state index contributed by atoms with van der Waals surface area (Å²) >= 11 is 0. The predicted molar refractivity (Wildman–Crippen MR) is 92.3 cm³/mol. The SMILES string of the molecule is CC(=O)[C@H]1CC[C@H]2[C@@H]3CC[C@H]4CC(=O)CC[C@]4(C)[C@H]3C[C@H](O)[C@]12C. The first kappa shape index (κ1) is 16.8. The topological polar surface area (TPSA) is 54.4 Å². The van der Waals surface area contributed by atoms with E-state index in [9.17, 15) is 14.7 Å². The number of Topliss-reactive ketones (excluding diaryl/α,β-unsaturated/α-hetero) is 2. The molecule has 0 aromatic carbocycles. The Hall–Kier alpha value is -0.700. The number of carbonyl (C=O) groups excluding carboxylic acids is 2. The summed E-state index contributed by atoms with van der Waals surface area (Å²) in [5.74, 6) is 2.91. The third kappa shape index (κ3) is 2.06. The maximum Gasteiger partial charge on any atom is 0.133 e. The highest BCUT2D eigenvalue weighted by atomic mass is 16.3. The average Bonchev–Trinajstić information content (AvgIpc) is 2.88. The van der Waals surface area contributed by atoms with Crippen LogP contribution in [0.2, 0.25) is 0 Å². The van der Waals surface area contributed by atoms with Gasteiger partial charge in [-0.15, -0.1) is 0 Å². The van der Waals surface area contributed by atoms with Gasteiger partial charge >= 0.3 is 0 Å². The van der Waals surface area contributed by atoms with Crippen LogP contribution in [0.15, 0.2) is 0 Å². The molecule has 4 saturated carbocycles. The van der Waals surface area contributed by atoms with Crippen molar-refractivity contribution >= 4 is 11.6 Å². The molecule has 0 bridgehead atoms. The minimum Gasteiger partial charge on any atom is -0.393 e. The zero-order chi connectivity index (χ0) is 17.3. The zero-order valence-electron chi connectivity index (χ0n) is 15.4. The highest BCUT2D eigenvalue weighted by Gasteiger charge is 2.63. The molecule has 0 unspecified atom stereocenters. The summed E-state index contributed by atoms with van der Waals surface area (Å²) in [4.78, 5) is 24.1. The minimum atomic E-state index is -0.367. The van der Waals surface area contributed by atoms with Gasteiger partial charge in [-0.2, -0.15) is 0 Å². The Balaban J connectivity index is 1.67. The highest BCUT2D eigenvalue weighted by Crippen LogP contribution is 2.67. The van der Waals surface area contributed by atoms with Gasteiger partial charge in [0.25, 0.3) is 0 Å². The van der Waals surface area contributed by atoms with Crippen molar-refractivity contribution in [3.63, 3.8) is 0 Å². The van der Waals surface area contributed by atoms with Crippen LogP contribution in [0.25, 0.3) is 0 Å². The van der Waals surface area contributed by atoms with Crippen molar-refractivity contribution in [3.05, 3.63) is 0 Å². The van der Waals surface area contributed by atoms with Gasteiger partial charge in [0.1, 0.15) is 11.6 Å². The van der Waals surface area contributed by atoms with Gasteiger partial charge in [-0.3, -0.25) is 9.59 Å². The summed E-state index contributed by atoms with van der Waals surface area (Å²) in [5, 5.41) is 11.1. The van der Waals surface area contributed by atoms with Crippen molar-refractivity contribution < 1.29 is 14.7 Å². The Morgan fingerprint density at radius 1 is 1.12 bits per heavy atom. The molecule has 4 fully saturated rings. The third-order valence-corrected chi connectivity index (χ3v) is 9.08. The van der Waals surface area contributed by atoms with Crippen LogP contribution < -0.4 is 0 Å². The van der Waals surface area contributed by atoms with E-state index in [0.717, 1.165) is 44.9 Å². The van der Waals surface area contributed by atoms with Gasteiger partial charge in [0, 0.05) is 24.2 Å². The van der Waals surface area contributed by atoms with Crippen LogP contribution in [0.5, 0.6) is 0 Å². The first-order valence-electron chi connectivity index (χ1n) is 9.98. The van der Waals surface area contributed by atoms with Crippen LogP contribution >= 0.6 is 0 Å². The largest absolute Gasteiger partial charge is 0.393 e. The second-order valence-corrected chi connectivity index (χ2v) is 9.76. The number of ketones is 2. The van der Waals surface area contributed by atoms with Crippen molar-refractivity contribution in [2.24, 2.45) is 40.4 Å². The lowest BCUT2D eigenvalue weighted by atomic mass is 9.44. The van der Waals surface area contributed by atoms with Crippen molar-refractivity contribution in [1.82, 2.24) is 0 Å². The summed E-state index contributed by atoms with van der Waals surface area (Å²) in [7, 11) is 0. The molecule has 0 amide bonds. The number of carbonyl (C=O) groups is 2. The first-order chi connectivity index (χ1) is 11.3. The van der Waals surface area contributed by atoms with Gasteiger partial charge in [0.05, 0.1) is 6.10 Å². The van der Waals surface area contributed by atoms with Gasteiger partial charge in [0.15, 0.2) is 0 Å². The van der Waals surface area contributed by atoms with E-state index in [1.807, 2.05) is 0 Å². The fraction of sp³-hybridized carbons (Fsp3) is 0.905. The van der Waals surface area contributed by atoms with Gasteiger partial charge in [-0.25, -0.2) is 0 Å². The molecule has 134 valence electrons. The molecule has 0 aromatic rings. The fourth-order valence-corrected chi connectivity index (χ4v) is 7.67. The van der Waals surface area contributed by atoms with E-state index in [1.165, 1.54) is 6.42 Å². The average molecular weight is 332 g/mol. The molecule has 0 radical (unpaired) electrons. The van der Waals surface area contributed by atoms with Crippen molar-refractivity contribution in [1.29, 1.82) is 0 Å². The zero-order valence-corrected chi connectivity index (χ0v) is 15.4. The summed E-state index contributed by atoms with van der Waals surface area (Å²) in [6.07, 6.45) is 7.36. The molecule has 0 heterocycles. The number of aliphatic hydroxyl groups excluding tert-OH is 1. The standard InChI is InChI=1S/C21H32O3/c1-12(22)16-6-7-17-15-5-4-13-10-14(23)8-9-20(13,2)18(15)11-19(24)21(16,17)3/h13,15-19,24H,4-11H2,1-3H3/t13-,15-,16+,17-,18-,19-,20-,21+/m0/s1. The lowest BCUT2D eigenvalue weighted by Crippen LogP contribution is -2.58. The van der Waals surface area contributed by atoms with Crippen LogP contribution in [0.1, 0.15) is 72.1 Å². The van der Waals surface area contributed by atoms with Gasteiger partial charge in [0.2, 0.25) is 0 Å². The Bertz CT molecular complexity index is 569. The van der Waals surface area contributed by atoms with Crippen LogP contribution in [-0.2, 0) is 9.59 Å². The smallest absolute Gasteiger partial charge is 0.133 e. The number of hydrogen-bond acceptors (Lipinski definition) is 3. The summed E-state index contributed by atoms with van der Waals surface area (Å²) in [6, 6.07) is 0. The normalized spacial score (nSPS) is 53.9. The summed E-state index contributed by atoms with van der Waals surface area (Å²) in [6.45, 7) is 6.30. The monoisotopic (exact) mass is 332 g/mol. The van der Waals surface area contributed by atoms with E-state index in [1.54, 1.807) is 6.92 Å². The van der Waals surface area contributed by atoms with Crippen molar-refractivity contribution in [2.75, 3.05) is 0 Å². The molecule has 4 aliphatic carbocycles. The molecule has 4 aliphatic rings. The van der Waals surface area contributed by atoms with E-state index in [2.05, 4.69) is 13.8 Å². The lowest BCUT2D eigenvalue weighted by Gasteiger charge is -2.61. The fourth-order valence-electron chi connectivity index (χ4n) is 7.67. The van der Waals surface area contributed by atoms with Crippen molar-refractivity contribution in [3.8, 4) is 0 Å². The van der Waals surface area contributed by atoms with Gasteiger partial charge < -0.3 is 5.11 Å². The molecule has 8 atom stereocenters. The molecular formula is C21H32O3. The molecule has 3 heteroatoms. The molecule has 0 saturated heterocycles. The molecule has 3 nitrogen and oxygen atoms in total. The lowest BCUT2D eigenvalue weighted by molar-refractivity contribution is -0.170. The minimum absolute atomic E-state index is 0.0388. The predicted octanol–water partition coefficient (Wildman–Crippen LogP) is 3.77. The number of hydrogen-bond donors (Lipinski definition) is 1. The Morgan fingerprint density at radius 2 is 1.88 bits per heavy atom. The van der Waals surface area contributed by atoms with E-state index < -0.39 is 0 Å². The van der Waals surface area contributed by atoms with Gasteiger partial charge in [-0.1, -0.05) is 13.8 Å². The number of aliphatic hydroxyl groups is 1. The van der Waals surface area contributed by atoms with E-state index in [-0.39, 0.29) is 28.6 Å². The van der Waals surface area contributed by atoms with Crippen LogP contribution in [0.4, 0.5) is 0 Å². The van der Waals surface area contributed by atoms with Crippen molar-refractivity contribution in [2.45, 2.75) is 78.2 Å². The quantitative estimate of drug-likeness (QED) is 0.795. The Morgan fingerprint density at radius 3 is 2.58 bits per heavy atom. The van der Waals surface area contributed by atoms with E-state index in [0.29, 0.717) is 29.5 Å². The molecule has 0 aliphatic heterocycles. The second kappa shape index (κ2) is 5.40. The van der Waals surface area contributed by atoms with E-state index in [4.69, 9.17) is 0 Å². The molecule has 0 spiro atoms. The molecule has 4 rings (SSSR count). The van der Waals surface area contributed by atoms with Crippen LogP contribution in [0.3, 0.4) is 0 Å². The molecule has 1 N–H and O–H groups in total. The summed E-state index contributed by atoms with van der Waals surface area (Å²) in [5.41, 5.74) is -0.00582. The maximum atomic E-state index is 12.2. The van der Waals surface area contributed by atoms with Crippen LogP contribution in [-0.4, -0.2) is 22.8 Å². The molecule has 0 aromatic heterocycles. The first-order valence-corrected chi connectivity index (χ1v) is 9.98. The Kier molecular flexibility index (Phi) is 3.77. The van der Waals surface area contributed by atoms with E-state index >= 15 is 0 Å². The Labute approximate surface area is 145 Å². The molecular weight excluding hydrogens is 300 g/mol.